The third kappa shape index (κ3) is 1.93. The number of rotatable bonds is 0. The first-order valence-electron chi connectivity index (χ1n) is 12.8. The molecule has 0 spiro atoms. The Bertz CT molecular complexity index is 2240. The number of hydrogen-bond acceptors (Lipinski definition) is 0. The molecule has 0 radical (unpaired) electrons. The molecule has 1 aliphatic carbocycles. The van der Waals surface area contributed by atoms with Crippen molar-refractivity contribution in [3.8, 4) is 11.1 Å². The molecular weight excluding hydrogens is 436 g/mol. The summed E-state index contributed by atoms with van der Waals surface area (Å²) < 4.78 is 4.91. The van der Waals surface area contributed by atoms with E-state index in [0.717, 1.165) is 0 Å². The molecule has 3 aromatic heterocycles. The van der Waals surface area contributed by atoms with E-state index in [1.165, 1.54) is 82.2 Å². The lowest BCUT2D eigenvalue weighted by atomic mass is 9.82. The predicted molar refractivity (Wildman–Crippen MR) is 153 cm³/mol. The normalized spacial score (nSPS) is 14.8. The van der Waals surface area contributed by atoms with E-state index >= 15 is 0 Å². The predicted octanol–water partition coefficient (Wildman–Crippen LogP) is 8.79. The first kappa shape index (κ1) is 19.0. The van der Waals surface area contributed by atoms with Crippen molar-refractivity contribution in [1.29, 1.82) is 0 Å². The van der Waals surface area contributed by atoms with Gasteiger partial charge in [0.25, 0.3) is 0 Å². The SMILES string of the molecule is Cn1c2cccc3c4cccc5c6cc7c(cc6n(c6cccc1c6c32)c45)C(C)(C)c1ccccc1-7. The van der Waals surface area contributed by atoms with Crippen LogP contribution in [0.2, 0.25) is 0 Å². The molecular formula is C34H24N2. The summed E-state index contributed by atoms with van der Waals surface area (Å²) in [7, 11) is 2.20. The van der Waals surface area contributed by atoms with Gasteiger partial charge in [-0.25, -0.2) is 0 Å². The molecule has 8 aromatic rings. The maximum Gasteiger partial charge on any atom is 0.0619 e. The molecule has 170 valence electrons. The van der Waals surface area contributed by atoms with Gasteiger partial charge in [-0.15, -0.1) is 0 Å². The van der Waals surface area contributed by atoms with E-state index in [2.05, 4.69) is 121 Å². The molecule has 0 N–H and O–H groups in total. The van der Waals surface area contributed by atoms with Gasteiger partial charge in [0.1, 0.15) is 0 Å². The van der Waals surface area contributed by atoms with E-state index in [4.69, 9.17) is 0 Å². The summed E-state index contributed by atoms with van der Waals surface area (Å²) in [5.74, 6) is 0. The van der Waals surface area contributed by atoms with Crippen molar-refractivity contribution in [3.63, 3.8) is 0 Å². The van der Waals surface area contributed by atoms with Crippen LogP contribution in [0.5, 0.6) is 0 Å². The van der Waals surface area contributed by atoms with E-state index in [-0.39, 0.29) is 5.41 Å². The average molecular weight is 461 g/mol. The Morgan fingerprint density at radius 3 is 2.06 bits per heavy atom. The minimum absolute atomic E-state index is 0.0284. The fourth-order valence-corrected chi connectivity index (χ4v) is 7.41. The molecule has 5 aromatic carbocycles. The molecule has 0 saturated heterocycles. The van der Waals surface area contributed by atoms with Crippen LogP contribution >= 0.6 is 0 Å². The van der Waals surface area contributed by atoms with Gasteiger partial charge in [0.15, 0.2) is 0 Å². The van der Waals surface area contributed by atoms with E-state index < -0.39 is 0 Å². The fourth-order valence-electron chi connectivity index (χ4n) is 7.41. The molecule has 0 unspecified atom stereocenters. The highest BCUT2D eigenvalue weighted by atomic mass is 15.0. The fraction of sp³-hybridized carbons (Fsp3) is 0.118. The summed E-state index contributed by atoms with van der Waals surface area (Å²) in [5, 5.41) is 8.03. The highest BCUT2D eigenvalue weighted by Crippen LogP contribution is 2.51. The Labute approximate surface area is 208 Å². The minimum Gasteiger partial charge on any atom is -0.344 e. The molecule has 0 bridgehead atoms. The molecule has 0 fully saturated rings. The van der Waals surface area contributed by atoms with E-state index in [9.17, 15) is 0 Å². The number of para-hydroxylation sites is 1. The molecule has 3 heterocycles. The van der Waals surface area contributed by atoms with Crippen LogP contribution < -0.4 is 0 Å². The van der Waals surface area contributed by atoms with Gasteiger partial charge in [0, 0.05) is 44.9 Å². The summed E-state index contributed by atoms with van der Waals surface area (Å²) >= 11 is 0. The third-order valence-electron chi connectivity index (χ3n) is 9.06. The van der Waals surface area contributed by atoms with Crippen molar-refractivity contribution in [1.82, 2.24) is 8.97 Å². The largest absolute Gasteiger partial charge is 0.344 e. The summed E-state index contributed by atoms with van der Waals surface area (Å²) in [6, 6.07) is 34.3. The van der Waals surface area contributed by atoms with Crippen molar-refractivity contribution in [2.75, 3.05) is 0 Å². The molecule has 0 amide bonds. The quantitative estimate of drug-likeness (QED) is 0.214. The van der Waals surface area contributed by atoms with Crippen LogP contribution in [0.3, 0.4) is 0 Å². The third-order valence-corrected chi connectivity index (χ3v) is 9.06. The zero-order chi connectivity index (χ0) is 23.9. The van der Waals surface area contributed by atoms with Crippen LogP contribution in [-0.2, 0) is 12.5 Å². The lowest BCUT2D eigenvalue weighted by Gasteiger charge is -2.21. The molecule has 1 aliphatic rings. The lowest BCUT2D eigenvalue weighted by molar-refractivity contribution is 0.661. The second-order valence-electron chi connectivity index (χ2n) is 11.1. The second-order valence-corrected chi connectivity index (χ2v) is 11.1. The first-order valence-corrected chi connectivity index (χ1v) is 12.8. The maximum atomic E-state index is 2.56. The summed E-state index contributed by atoms with van der Waals surface area (Å²) in [4.78, 5) is 0. The van der Waals surface area contributed by atoms with E-state index in [0.29, 0.717) is 0 Å². The summed E-state index contributed by atoms with van der Waals surface area (Å²) in [5.41, 5.74) is 12.0. The maximum absolute atomic E-state index is 2.56. The minimum atomic E-state index is -0.0284. The van der Waals surface area contributed by atoms with Crippen LogP contribution in [0.25, 0.3) is 71.0 Å². The topological polar surface area (TPSA) is 9.34 Å². The molecule has 2 nitrogen and oxygen atoms in total. The van der Waals surface area contributed by atoms with Gasteiger partial charge in [0.2, 0.25) is 0 Å². The Balaban J connectivity index is 1.63. The molecule has 36 heavy (non-hydrogen) atoms. The number of aromatic nitrogens is 2. The Morgan fingerprint density at radius 2 is 1.19 bits per heavy atom. The average Bonchev–Trinajstić information content (AvgIpc) is 3.43. The van der Waals surface area contributed by atoms with Gasteiger partial charge in [-0.05, 0) is 58.0 Å². The Hall–Kier alpha value is -4.30. The monoisotopic (exact) mass is 460 g/mol. The highest BCUT2D eigenvalue weighted by molar-refractivity contribution is 6.31. The molecule has 9 rings (SSSR count). The number of hydrogen-bond donors (Lipinski definition) is 0. The molecule has 0 atom stereocenters. The van der Waals surface area contributed by atoms with Gasteiger partial charge in [-0.2, -0.15) is 0 Å². The zero-order valence-corrected chi connectivity index (χ0v) is 20.6. The molecule has 2 heteroatoms. The highest BCUT2D eigenvalue weighted by Gasteiger charge is 2.36. The summed E-state index contributed by atoms with van der Waals surface area (Å²) in [6.45, 7) is 4.74. The van der Waals surface area contributed by atoms with Crippen molar-refractivity contribution in [3.05, 3.63) is 102 Å². The van der Waals surface area contributed by atoms with Crippen molar-refractivity contribution in [2.45, 2.75) is 19.3 Å². The van der Waals surface area contributed by atoms with Crippen LogP contribution in [0.1, 0.15) is 25.0 Å². The van der Waals surface area contributed by atoms with Gasteiger partial charge in [-0.1, -0.05) is 74.5 Å². The molecule has 0 saturated carbocycles. The standard InChI is InChI=1S/C34H24N2/c1-34(2)25-13-5-4-9-19(25)23-17-24-22-12-6-11-21-20-10-7-14-27-31(20)32-28(35(27)3)15-8-16-29(32)36(33(21)22)30(24)18-26(23)34/h4-18H,1-3H3. The summed E-state index contributed by atoms with van der Waals surface area (Å²) in [6.07, 6.45) is 0. The van der Waals surface area contributed by atoms with Crippen molar-refractivity contribution >= 4 is 59.9 Å². The van der Waals surface area contributed by atoms with Gasteiger partial charge in [-0.3, -0.25) is 0 Å². The second kappa shape index (κ2) is 5.91. The number of benzene rings is 5. The number of nitrogens with zero attached hydrogens (tertiary/aromatic N) is 2. The Morgan fingerprint density at radius 1 is 0.528 bits per heavy atom. The number of aryl methyl sites for hydroxylation is 1. The molecule has 0 aliphatic heterocycles. The first-order chi connectivity index (χ1) is 17.6. The lowest BCUT2D eigenvalue weighted by Crippen LogP contribution is -2.14. The van der Waals surface area contributed by atoms with Crippen molar-refractivity contribution in [2.24, 2.45) is 7.05 Å². The zero-order valence-electron chi connectivity index (χ0n) is 20.6. The number of fused-ring (bicyclic) bond motifs is 8. The van der Waals surface area contributed by atoms with Gasteiger partial charge in [0.05, 0.1) is 22.1 Å². The van der Waals surface area contributed by atoms with Crippen LogP contribution in [0.15, 0.2) is 91.0 Å². The van der Waals surface area contributed by atoms with Crippen LogP contribution in [0.4, 0.5) is 0 Å². The van der Waals surface area contributed by atoms with Crippen molar-refractivity contribution < 1.29 is 0 Å². The van der Waals surface area contributed by atoms with Crippen LogP contribution in [0, 0.1) is 0 Å². The Kier molecular flexibility index (Phi) is 3.11. The van der Waals surface area contributed by atoms with Gasteiger partial charge < -0.3 is 8.97 Å². The van der Waals surface area contributed by atoms with Crippen LogP contribution in [-0.4, -0.2) is 8.97 Å². The van der Waals surface area contributed by atoms with E-state index in [1.54, 1.807) is 0 Å². The van der Waals surface area contributed by atoms with E-state index in [1.807, 2.05) is 0 Å². The smallest absolute Gasteiger partial charge is 0.0619 e. The van der Waals surface area contributed by atoms with Gasteiger partial charge >= 0.3 is 0 Å².